The third-order valence-corrected chi connectivity index (χ3v) is 4.52. The molecule has 0 aliphatic carbocycles. The van der Waals surface area contributed by atoms with Gasteiger partial charge in [0.15, 0.2) is 0 Å². The molecule has 0 aliphatic heterocycles. The largest absolute Gasteiger partial charge is 0.481 e. The van der Waals surface area contributed by atoms with E-state index in [0.717, 1.165) is 5.39 Å². The summed E-state index contributed by atoms with van der Waals surface area (Å²) in [6, 6.07) is 12.2. The van der Waals surface area contributed by atoms with Gasteiger partial charge in [0.2, 0.25) is 10.0 Å². The lowest BCUT2D eigenvalue weighted by Crippen LogP contribution is -2.31. The minimum absolute atomic E-state index is 0.138. The van der Waals surface area contributed by atoms with Crippen LogP contribution in [-0.2, 0) is 14.8 Å². The quantitative estimate of drug-likeness (QED) is 0.881. The number of carboxylic acid groups (broad SMARTS) is 1. The van der Waals surface area contributed by atoms with Crippen molar-refractivity contribution in [3.8, 4) is 0 Å². The Hall–Kier alpha value is -1.92. The van der Waals surface area contributed by atoms with Gasteiger partial charge in [0, 0.05) is 11.9 Å². The standard InChI is InChI=1S/C14H15NO4S/c1-10(14(16)17)9-15-20(18,19)13-8-4-6-11-5-2-3-7-12(11)13/h2-8,10,15H,9H2,1H3,(H,16,17). The molecule has 0 bridgehead atoms. The molecule has 0 aromatic heterocycles. The Bertz CT molecular complexity index is 734. The minimum Gasteiger partial charge on any atom is -0.481 e. The second kappa shape index (κ2) is 5.60. The van der Waals surface area contributed by atoms with Gasteiger partial charge in [-0.1, -0.05) is 43.3 Å². The maximum atomic E-state index is 12.3. The Morgan fingerprint density at radius 2 is 1.85 bits per heavy atom. The molecule has 0 spiro atoms. The Labute approximate surface area is 117 Å². The van der Waals surface area contributed by atoms with Crippen molar-refractivity contribution in [2.45, 2.75) is 11.8 Å². The average Bonchev–Trinajstić information content (AvgIpc) is 2.44. The molecule has 0 saturated carbocycles. The predicted molar refractivity (Wildman–Crippen MR) is 75.9 cm³/mol. The van der Waals surface area contributed by atoms with Gasteiger partial charge in [0.05, 0.1) is 10.8 Å². The van der Waals surface area contributed by atoms with Gasteiger partial charge in [-0.15, -0.1) is 0 Å². The highest BCUT2D eigenvalue weighted by molar-refractivity contribution is 7.89. The van der Waals surface area contributed by atoms with E-state index in [1.165, 1.54) is 13.0 Å². The SMILES string of the molecule is CC(CNS(=O)(=O)c1cccc2ccccc12)C(=O)O. The first-order chi connectivity index (χ1) is 9.42. The van der Waals surface area contributed by atoms with Gasteiger partial charge in [-0.2, -0.15) is 0 Å². The zero-order chi connectivity index (χ0) is 14.8. The van der Waals surface area contributed by atoms with Crippen molar-refractivity contribution in [2.75, 3.05) is 6.54 Å². The van der Waals surface area contributed by atoms with E-state index < -0.39 is 21.9 Å². The Kier molecular flexibility index (Phi) is 4.06. The molecule has 0 radical (unpaired) electrons. The first-order valence-corrected chi connectivity index (χ1v) is 7.60. The number of nitrogens with one attached hydrogen (secondary N) is 1. The van der Waals surface area contributed by atoms with Crippen LogP contribution in [0.2, 0.25) is 0 Å². The van der Waals surface area contributed by atoms with Crippen LogP contribution < -0.4 is 4.72 Å². The maximum absolute atomic E-state index is 12.3. The highest BCUT2D eigenvalue weighted by atomic mass is 32.2. The van der Waals surface area contributed by atoms with Crippen molar-refractivity contribution in [1.82, 2.24) is 4.72 Å². The fraction of sp³-hybridized carbons (Fsp3) is 0.214. The Morgan fingerprint density at radius 1 is 1.20 bits per heavy atom. The topological polar surface area (TPSA) is 83.5 Å². The fourth-order valence-electron chi connectivity index (χ4n) is 1.83. The highest BCUT2D eigenvalue weighted by Gasteiger charge is 2.19. The summed E-state index contributed by atoms with van der Waals surface area (Å²) in [5, 5.41) is 10.2. The van der Waals surface area contributed by atoms with E-state index in [2.05, 4.69) is 4.72 Å². The van der Waals surface area contributed by atoms with Crippen LogP contribution in [0.3, 0.4) is 0 Å². The number of hydrogen-bond acceptors (Lipinski definition) is 3. The summed E-state index contributed by atoms with van der Waals surface area (Å²) in [5.74, 6) is -1.81. The second-order valence-electron chi connectivity index (χ2n) is 4.57. The van der Waals surface area contributed by atoms with E-state index in [9.17, 15) is 13.2 Å². The summed E-state index contributed by atoms with van der Waals surface area (Å²) in [7, 11) is -3.73. The van der Waals surface area contributed by atoms with Crippen LogP contribution in [0.15, 0.2) is 47.4 Å². The van der Waals surface area contributed by atoms with Gasteiger partial charge < -0.3 is 5.11 Å². The van der Waals surface area contributed by atoms with Gasteiger partial charge >= 0.3 is 5.97 Å². The van der Waals surface area contributed by atoms with Crippen LogP contribution in [0.4, 0.5) is 0 Å². The molecule has 2 rings (SSSR count). The van der Waals surface area contributed by atoms with Gasteiger partial charge in [0.1, 0.15) is 0 Å². The van der Waals surface area contributed by atoms with Crippen LogP contribution in [-0.4, -0.2) is 26.0 Å². The maximum Gasteiger partial charge on any atom is 0.307 e. The van der Waals surface area contributed by atoms with Crippen LogP contribution in [0.25, 0.3) is 10.8 Å². The summed E-state index contributed by atoms with van der Waals surface area (Å²) in [4.78, 5) is 10.9. The first-order valence-electron chi connectivity index (χ1n) is 6.12. The van der Waals surface area contributed by atoms with Crippen LogP contribution in [0.5, 0.6) is 0 Å². The van der Waals surface area contributed by atoms with Gasteiger partial charge in [0.25, 0.3) is 0 Å². The molecule has 0 heterocycles. The summed E-state index contributed by atoms with van der Waals surface area (Å²) in [5.41, 5.74) is 0. The van der Waals surface area contributed by atoms with E-state index in [1.807, 2.05) is 18.2 Å². The zero-order valence-electron chi connectivity index (χ0n) is 10.9. The lowest BCUT2D eigenvalue weighted by molar-refractivity contribution is -0.140. The van der Waals surface area contributed by atoms with Crippen LogP contribution in [0, 0.1) is 5.92 Å². The second-order valence-corrected chi connectivity index (χ2v) is 6.30. The van der Waals surface area contributed by atoms with Crippen molar-refractivity contribution in [1.29, 1.82) is 0 Å². The van der Waals surface area contributed by atoms with Crippen LogP contribution in [0.1, 0.15) is 6.92 Å². The zero-order valence-corrected chi connectivity index (χ0v) is 11.7. The molecule has 0 amide bonds. The van der Waals surface area contributed by atoms with Gasteiger partial charge in [-0.3, -0.25) is 4.79 Å². The molecule has 0 saturated heterocycles. The monoisotopic (exact) mass is 293 g/mol. The highest BCUT2D eigenvalue weighted by Crippen LogP contribution is 2.22. The number of carbonyl (C=O) groups is 1. The molecule has 106 valence electrons. The van der Waals surface area contributed by atoms with E-state index in [0.29, 0.717) is 5.39 Å². The number of fused-ring (bicyclic) bond motifs is 1. The van der Waals surface area contributed by atoms with Crippen molar-refractivity contribution >= 4 is 26.8 Å². The normalized spacial score (nSPS) is 13.2. The third kappa shape index (κ3) is 2.97. The summed E-state index contributed by atoms with van der Waals surface area (Å²) >= 11 is 0. The van der Waals surface area contributed by atoms with E-state index in [4.69, 9.17) is 5.11 Å². The van der Waals surface area contributed by atoms with Crippen molar-refractivity contribution in [3.63, 3.8) is 0 Å². The molecular formula is C14H15NO4S. The van der Waals surface area contributed by atoms with E-state index in [-0.39, 0.29) is 11.4 Å². The number of sulfonamides is 1. The molecule has 0 aliphatic rings. The van der Waals surface area contributed by atoms with E-state index in [1.54, 1.807) is 18.2 Å². The fourth-order valence-corrected chi connectivity index (χ4v) is 3.19. The van der Waals surface area contributed by atoms with Gasteiger partial charge in [-0.05, 0) is 11.5 Å². The lowest BCUT2D eigenvalue weighted by Gasteiger charge is -2.11. The predicted octanol–water partition coefficient (Wildman–Crippen LogP) is 1.84. The van der Waals surface area contributed by atoms with Crippen molar-refractivity contribution < 1.29 is 18.3 Å². The molecule has 0 fully saturated rings. The number of hydrogen-bond donors (Lipinski definition) is 2. The third-order valence-electron chi connectivity index (χ3n) is 3.04. The summed E-state index contributed by atoms with van der Waals surface area (Å²) in [6.45, 7) is 1.31. The number of carboxylic acids is 1. The lowest BCUT2D eigenvalue weighted by atomic mass is 10.1. The minimum atomic E-state index is -3.73. The van der Waals surface area contributed by atoms with Crippen molar-refractivity contribution in [3.05, 3.63) is 42.5 Å². The molecule has 2 aromatic rings. The molecule has 1 atom stereocenters. The molecule has 2 aromatic carbocycles. The Morgan fingerprint density at radius 3 is 2.55 bits per heavy atom. The molecule has 1 unspecified atom stereocenters. The van der Waals surface area contributed by atoms with E-state index >= 15 is 0 Å². The Balaban J connectivity index is 2.35. The molecule has 2 N–H and O–H groups in total. The number of rotatable bonds is 5. The van der Waals surface area contributed by atoms with Crippen molar-refractivity contribution in [2.24, 2.45) is 5.92 Å². The van der Waals surface area contributed by atoms with Crippen LogP contribution >= 0.6 is 0 Å². The molecule has 5 nitrogen and oxygen atoms in total. The molecular weight excluding hydrogens is 278 g/mol. The molecule has 6 heteroatoms. The molecule has 20 heavy (non-hydrogen) atoms. The number of benzene rings is 2. The van der Waals surface area contributed by atoms with Gasteiger partial charge in [-0.25, -0.2) is 13.1 Å². The summed E-state index contributed by atoms with van der Waals surface area (Å²) in [6.07, 6.45) is 0. The average molecular weight is 293 g/mol. The first kappa shape index (κ1) is 14.5. The summed E-state index contributed by atoms with van der Waals surface area (Å²) < 4.78 is 26.9. The smallest absolute Gasteiger partial charge is 0.307 e. The number of aliphatic carboxylic acids is 1.